The number of aliphatic hydroxyl groups is 4. The number of aliphatic hydroxyl groups excluding tert-OH is 4. The minimum Gasteiger partial charge on any atom is -0.396 e. The van der Waals surface area contributed by atoms with Crippen molar-refractivity contribution in [2.45, 2.75) is 25.7 Å². The maximum Gasteiger partial charge on any atom is 0.0737 e. The number of aromatic amines is 2. The number of rotatable bonds is 12. The topological polar surface area (TPSA) is 190 Å². The number of hydrogen-bond acceptors (Lipinski definition) is 10. The van der Waals surface area contributed by atoms with E-state index in [1.54, 1.807) is 24.8 Å². The first kappa shape index (κ1) is 49.2. The second kappa shape index (κ2) is 22.2. The zero-order valence-electron chi connectivity index (χ0n) is 34.3. The number of pyridine rings is 4. The fraction of sp³-hybridized carbons (Fsp3) is 0.167. The van der Waals surface area contributed by atoms with Crippen molar-refractivity contribution in [1.29, 1.82) is 0 Å². The Morgan fingerprint density at radius 3 is 0.797 bits per heavy atom. The summed E-state index contributed by atoms with van der Waals surface area (Å²) in [5, 5.41) is 39.3. The molecule has 12 nitrogen and oxygen atoms in total. The number of H-pyrrole nitrogens is 2. The summed E-state index contributed by atoms with van der Waals surface area (Å²) in [7, 11) is 0. The summed E-state index contributed by atoms with van der Waals surface area (Å²) >= 11 is 0. The van der Waals surface area contributed by atoms with Crippen LogP contribution in [0.3, 0.4) is 0 Å². The Kier molecular flexibility index (Phi) is 17.1. The van der Waals surface area contributed by atoms with Crippen LogP contribution in [0.25, 0.3) is 90.9 Å². The van der Waals surface area contributed by atoms with Gasteiger partial charge in [-0.1, -0.05) is 0 Å². The van der Waals surface area contributed by atoms with Crippen molar-refractivity contribution in [3.63, 3.8) is 0 Å². The van der Waals surface area contributed by atoms with Crippen LogP contribution in [0.1, 0.15) is 45.6 Å². The molecule has 7 aromatic rings. The molecular weight excluding hydrogens is 894 g/mol. The van der Waals surface area contributed by atoms with Gasteiger partial charge in [-0.2, -0.15) is 0 Å². The van der Waals surface area contributed by atoms with Gasteiger partial charge in [0.25, 0.3) is 0 Å². The molecule has 6 N–H and O–H groups in total. The van der Waals surface area contributed by atoms with Crippen LogP contribution in [-0.4, -0.2) is 86.7 Å². The largest absolute Gasteiger partial charge is 0.396 e. The van der Waals surface area contributed by atoms with Crippen LogP contribution >= 0.6 is 49.6 Å². The van der Waals surface area contributed by atoms with Crippen LogP contribution in [0.15, 0.2) is 97.6 Å². The highest BCUT2D eigenvalue weighted by Gasteiger charge is 2.20. The van der Waals surface area contributed by atoms with Crippen molar-refractivity contribution in [3.05, 3.63) is 143 Å². The molecular formula is C48H46Cl4N8O4. The standard InChI is InChI=1S/C48H42N8O4.4ClH/c57-21-13-33-25-29(9-17-49-33)45-37-1-2-38(53-37)46(30-10-18-50-34(26-30)14-22-58)40-5-6-42(55-40)48(32-12-20-52-36(28-32)16-24-60)44-8-7-43(56-44)47(41-4-3-39(45)54-41)31-11-19-51-35(27-31)15-23-59;;;;/h1-12,17-20,25-28,53,56-60H,13-16,21-24H2;4*1H. The van der Waals surface area contributed by atoms with Crippen molar-refractivity contribution in [2.24, 2.45) is 0 Å². The molecule has 9 heterocycles. The Morgan fingerprint density at radius 2 is 0.578 bits per heavy atom. The van der Waals surface area contributed by atoms with Crippen molar-refractivity contribution >= 4 is 96.0 Å². The van der Waals surface area contributed by atoms with Gasteiger partial charge in [-0.05, 0) is 119 Å². The fourth-order valence-corrected chi connectivity index (χ4v) is 7.96. The SMILES string of the molecule is Cl.Cl.Cl.Cl.OCCc1cc(-c2c3nc(c(-c4ccnc(CCO)c4)c4ccc([nH]4)c(-c4ccnc(CCO)c4)c4nc(c(-c5ccnc(CCO)c5)c5ccc2[nH]5)C=C4)C=C3)ccn1. The normalized spacial score (nSPS) is 11.3. The lowest BCUT2D eigenvalue weighted by molar-refractivity contribution is 0.298. The second-order valence-corrected chi connectivity index (χ2v) is 14.5. The highest BCUT2D eigenvalue weighted by atomic mass is 35.5. The first-order chi connectivity index (χ1) is 29.5. The van der Waals surface area contributed by atoms with E-state index in [9.17, 15) is 20.4 Å². The summed E-state index contributed by atoms with van der Waals surface area (Å²) < 4.78 is 0. The van der Waals surface area contributed by atoms with E-state index in [0.29, 0.717) is 25.7 Å². The highest BCUT2D eigenvalue weighted by molar-refractivity contribution is 6.00. The average Bonchev–Trinajstić information content (AvgIpc) is 4.10. The lowest BCUT2D eigenvalue weighted by Crippen LogP contribution is -1.96. The van der Waals surface area contributed by atoms with Gasteiger partial charge in [-0.15, -0.1) is 49.6 Å². The minimum atomic E-state index is -0.0286. The monoisotopic (exact) mass is 938 g/mol. The smallest absolute Gasteiger partial charge is 0.0737 e. The molecule has 330 valence electrons. The summed E-state index contributed by atoms with van der Waals surface area (Å²) in [6.45, 7) is -0.114. The molecule has 9 rings (SSSR count). The Labute approximate surface area is 394 Å². The van der Waals surface area contributed by atoms with Crippen molar-refractivity contribution in [2.75, 3.05) is 26.4 Å². The van der Waals surface area contributed by atoms with Crippen molar-refractivity contribution in [3.8, 4) is 44.5 Å². The van der Waals surface area contributed by atoms with Crippen molar-refractivity contribution < 1.29 is 20.4 Å². The van der Waals surface area contributed by atoms with E-state index in [-0.39, 0.29) is 76.1 Å². The molecule has 0 aromatic carbocycles. The van der Waals surface area contributed by atoms with Gasteiger partial charge in [0.2, 0.25) is 0 Å². The maximum absolute atomic E-state index is 9.82. The number of aromatic nitrogens is 8. The van der Waals surface area contributed by atoms with Gasteiger partial charge in [0.15, 0.2) is 0 Å². The van der Waals surface area contributed by atoms with E-state index >= 15 is 0 Å². The van der Waals surface area contributed by atoms with Crippen LogP contribution in [0.2, 0.25) is 0 Å². The third kappa shape index (κ3) is 10.1. The molecule has 8 bridgehead atoms. The molecule has 0 aliphatic carbocycles. The summed E-state index contributed by atoms with van der Waals surface area (Å²) in [6, 6.07) is 24.0. The maximum atomic E-state index is 9.82. The highest BCUT2D eigenvalue weighted by Crippen LogP contribution is 2.38. The third-order valence-electron chi connectivity index (χ3n) is 10.6. The second-order valence-electron chi connectivity index (χ2n) is 14.5. The third-order valence-corrected chi connectivity index (χ3v) is 10.6. The van der Waals surface area contributed by atoms with Crippen LogP contribution in [0.4, 0.5) is 0 Å². The van der Waals surface area contributed by atoms with Crippen LogP contribution in [0, 0.1) is 0 Å². The molecule has 0 radical (unpaired) electrons. The van der Waals surface area contributed by atoms with E-state index in [4.69, 9.17) is 9.97 Å². The van der Waals surface area contributed by atoms with Gasteiger partial charge in [0.1, 0.15) is 0 Å². The molecule has 0 amide bonds. The predicted octanol–water partition coefficient (Wildman–Crippen LogP) is 8.73. The molecule has 7 aromatic heterocycles. The molecule has 0 spiro atoms. The molecule has 16 heteroatoms. The average molecular weight is 941 g/mol. The fourth-order valence-electron chi connectivity index (χ4n) is 7.96. The van der Waals surface area contributed by atoms with Gasteiger partial charge in [-0.25, -0.2) is 9.97 Å². The van der Waals surface area contributed by atoms with Gasteiger partial charge in [0, 0.05) is 144 Å². The van der Waals surface area contributed by atoms with E-state index in [1.165, 1.54) is 0 Å². The molecule has 2 aliphatic rings. The number of fused-ring (bicyclic) bond motifs is 8. The van der Waals surface area contributed by atoms with E-state index < -0.39 is 0 Å². The van der Waals surface area contributed by atoms with Crippen molar-refractivity contribution in [1.82, 2.24) is 39.9 Å². The van der Waals surface area contributed by atoms with Crippen LogP contribution < -0.4 is 0 Å². The Hall–Kier alpha value is -5.80. The van der Waals surface area contributed by atoms with E-state index in [0.717, 1.165) is 112 Å². The lowest BCUT2D eigenvalue weighted by atomic mass is 10.0. The Bertz CT molecular complexity index is 2600. The predicted molar refractivity (Wildman–Crippen MR) is 264 cm³/mol. The molecule has 0 saturated carbocycles. The van der Waals surface area contributed by atoms with Gasteiger partial charge in [-0.3, -0.25) is 19.9 Å². The quantitative estimate of drug-likeness (QED) is 0.0691. The first-order valence-electron chi connectivity index (χ1n) is 19.9. The number of nitrogens with one attached hydrogen (secondary N) is 2. The van der Waals surface area contributed by atoms with E-state index in [1.807, 2.05) is 97.1 Å². The molecule has 0 saturated heterocycles. The van der Waals surface area contributed by atoms with Crippen LogP contribution in [-0.2, 0) is 25.7 Å². The molecule has 0 atom stereocenters. The Morgan fingerprint density at radius 1 is 0.344 bits per heavy atom. The molecule has 2 aliphatic heterocycles. The van der Waals surface area contributed by atoms with E-state index in [2.05, 4.69) is 29.9 Å². The zero-order valence-corrected chi connectivity index (χ0v) is 37.6. The Balaban J connectivity index is 0.00000193. The van der Waals surface area contributed by atoms with Gasteiger partial charge < -0.3 is 30.4 Å². The number of nitrogens with zero attached hydrogens (tertiary/aromatic N) is 6. The molecule has 64 heavy (non-hydrogen) atoms. The molecule has 0 unspecified atom stereocenters. The lowest BCUT2D eigenvalue weighted by Gasteiger charge is -2.09. The summed E-state index contributed by atoms with van der Waals surface area (Å²) in [4.78, 5) is 36.3. The minimum absolute atomic E-state index is 0. The number of hydrogen-bond donors (Lipinski definition) is 6. The summed E-state index contributed by atoms with van der Waals surface area (Å²) in [5.74, 6) is 0. The summed E-state index contributed by atoms with van der Waals surface area (Å²) in [5.41, 5.74) is 16.1. The van der Waals surface area contributed by atoms with Crippen LogP contribution in [0.5, 0.6) is 0 Å². The van der Waals surface area contributed by atoms with Gasteiger partial charge in [0.05, 0.1) is 22.8 Å². The zero-order chi connectivity index (χ0) is 41.0. The molecule has 0 fully saturated rings. The number of halogens is 4. The summed E-state index contributed by atoms with van der Waals surface area (Å²) in [6.07, 6.45) is 16.7. The van der Waals surface area contributed by atoms with Gasteiger partial charge >= 0.3 is 0 Å². The first-order valence-corrected chi connectivity index (χ1v) is 19.9.